The summed E-state index contributed by atoms with van der Waals surface area (Å²) in [5.74, 6) is 0.981. The van der Waals surface area contributed by atoms with E-state index in [1.54, 1.807) is 12.3 Å². The second-order valence-electron chi connectivity index (χ2n) is 7.32. The molecule has 0 amide bonds. The number of nitriles is 1. The second-order valence-corrected chi connectivity index (χ2v) is 8.33. The minimum Gasteiger partial charge on any atom is -0.408 e. The van der Waals surface area contributed by atoms with Gasteiger partial charge in [0, 0.05) is 36.1 Å². The number of hydrogen-bond donors (Lipinski definition) is 2. The molecular formula is C22H18N6OS. The molecule has 148 valence electrons. The van der Waals surface area contributed by atoms with Crippen molar-refractivity contribution in [2.24, 2.45) is 0 Å². The molecular weight excluding hydrogens is 396 g/mol. The summed E-state index contributed by atoms with van der Waals surface area (Å²) in [6.07, 6.45) is 4.25. The maximum absolute atomic E-state index is 9.01. The number of aromatic nitrogens is 3. The van der Waals surface area contributed by atoms with E-state index in [0.29, 0.717) is 17.2 Å². The van der Waals surface area contributed by atoms with Gasteiger partial charge in [0.05, 0.1) is 5.56 Å². The normalized spacial score (nSPS) is 15.8. The molecule has 8 heteroatoms. The number of aryl methyl sites for hydroxylation is 1. The van der Waals surface area contributed by atoms with Crippen molar-refractivity contribution in [1.82, 2.24) is 20.4 Å². The Morgan fingerprint density at radius 1 is 1.20 bits per heavy atom. The number of nitrogens with two attached hydrogens (primary N) is 1. The molecule has 0 fully saturated rings. The topological polar surface area (TPSA) is 110 Å². The highest BCUT2D eigenvalue weighted by atomic mass is 32.1. The monoisotopic (exact) mass is 414 g/mol. The number of hydrogen-bond acceptors (Lipinski definition) is 8. The number of anilines is 1. The first kappa shape index (κ1) is 18.5. The highest BCUT2D eigenvalue weighted by molar-refractivity contribution is 7.21. The Morgan fingerprint density at radius 2 is 2.10 bits per heavy atom. The summed E-state index contributed by atoms with van der Waals surface area (Å²) in [6.45, 7) is 2.67. The molecule has 0 aliphatic carbocycles. The maximum atomic E-state index is 9.01. The van der Waals surface area contributed by atoms with Crippen LogP contribution in [0.5, 0.6) is 5.75 Å². The Hall–Kier alpha value is -3.54. The lowest BCUT2D eigenvalue weighted by Gasteiger charge is -2.14. The molecule has 3 N–H and O–H groups in total. The number of nitrogen functional groups attached to an aromatic ring is 1. The van der Waals surface area contributed by atoms with Crippen molar-refractivity contribution in [1.29, 1.82) is 5.26 Å². The second kappa shape index (κ2) is 7.37. The van der Waals surface area contributed by atoms with Crippen LogP contribution in [0, 0.1) is 18.3 Å². The Balaban J connectivity index is 1.53. The summed E-state index contributed by atoms with van der Waals surface area (Å²) in [6, 6.07) is 12.1. The Labute approximate surface area is 177 Å². The number of thiazole rings is 1. The zero-order chi connectivity index (χ0) is 20.7. The predicted octanol–water partition coefficient (Wildman–Crippen LogP) is 3.74. The third-order valence-electron chi connectivity index (χ3n) is 5.25. The number of benzene rings is 1. The molecule has 1 aliphatic rings. The average molecular weight is 414 g/mol. The van der Waals surface area contributed by atoms with Gasteiger partial charge in [0.1, 0.15) is 16.4 Å². The molecule has 1 aromatic carbocycles. The Kier molecular flexibility index (Phi) is 4.54. The molecule has 4 heterocycles. The van der Waals surface area contributed by atoms with E-state index >= 15 is 0 Å². The van der Waals surface area contributed by atoms with Crippen molar-refractivity contribution in [2.45, 2.75) is 19.3 Å². The van der Waals surface area contributed by atoms with E-state index in [9.17, 15) is 0 Å². The number of hydroxylamine groups is 1. The van der Waals surface area contributed by atoms with Crippen LogP contribution in [0.25, 0.3) is 21.5 Å². The van der Waals surface area contributed by atoms with Gasteiger partial charge in [-0.2, -0.15) is 10.7 Å². The molecule has 0 saturated carbocycles. The molecule has 1 aliphatic heterocycles. The van der Waals surface area contributed by atoms with Crippen LogP contribution in [-0.4, -0.2) is 21.5 Å². The number of nitrogens with zero attached hydrogens (tertiary/aromatic N) is 4. The molecule has 0 radical (unpaired) electrons. The average Bonchev–Trinajstić information content (AvgIpc) is 2.99. The number of nitrogens with one attached hydrogen (secondary N) is 1. The van der Waals surface area contributed by atoms with Gasteiger partial charge in [0.15, 0.2) is 10.9 Å². The molecule has 1 unspecified atom stereocenters. The first-order valence-corrected chi connectivity index (χ1v) is 10.3. The van der Waals surface area contributed by atoms with Crippen molar-refractivity contribution in [3.8, 4) is 22.9 Å². The molecule has 4 aromatic rings. The van der Waals surface area contributed by atoms with Crippen molar-refractivity contribution >= 4 is 26.8 Å². The molecule has 3 aromatic heterocycles. The highest BCUT2D eigenvalue weighted by Gasteiger charge is 2.23. The fourth-order valence-electron chi connectivity index (χ4n) is 3.78. The van der Waals surface area contributed by atoms with Crippen LogP contribution in [-0.2, 0) is 6.42 Å². The minimum atomic E-state index is 0.132. The Bertz CT molecular complexity index is 1290. The summed E-state index contributed by atoms with van der Waals surface area (Å²) in [7, 11) is 0. The summed E-state index contributed by atoms with van der Waals surface area (Å²) < 4.78 is 0. The quantitative estimate of drug-likeness (QED) is 0.514. The summed E-state index contributed by atoms with van der Waals surface area (Å²) in [5, 5.41) is 9.53. The maximum Gasteiger partial charge on any atom is 0.182 e. The van der Waals surface area contributed by atoms with Crippen molar-refractivity contribution < 1.29 is 4.84 Å². The molecule has 0 saturated heterocycles. The zero-order valence-electron chi connectivity index (χ0n) is 16.2. The van der Waals surface area contributed by atoms with Gasteiger partial charge in [-0.3, -0.25) is 4.98 Å². The lowest BCUT2D eigenvalue weighted by molar-refractivity contribution is 0.195. The van der Waals surface area contributed by atoms with E-state index in [-0.39, 0.29) is 5.92 Å². The molecule has 5 rings (SSSR count). The first-order valence-electron chi connectivity index (χ1n) is 9.52. The van der Waals surface area contributed by atoms with Crippen molar-refractivity contribution in [3.05, 3.63) is 65.1 Å². The van der Waals surface area contributed by atoms with Crippen LogP contribution in [0.1, 0.15) is 28.3 Å². The minimum absolute atomic E-state index is 0.132. The van der Waals surface area contributed by atoms with E-state index in [1.165, 1.54) is 11.3 Å². The van der Waals surface area contributed by atoms with E-state index in [0.717, 1.165) is 50.5 Å². The van der Waals surface area contributed by atoms with Crippen LogP contribution in [0.2, 0.25) is 0 Å². The number of pyridine rings is 2. The SMILES string of the molecule is Cc1cc(-c2cnc3sc(N)nc3c2)cc2c1ONCC(c1ccc(C#N)cn1)C2. The molecule has 7 nitrogen and oxygen atoms in total. The van der Waals surface area contributed by atoms with E-state index < -0.39 is 0 Å². The predicted molar refractivity (Wildman–Crippen MR) is 116 cm³/mol. The van der Waals surface area contributed by atoms with Gasteiger partial charge >= 0.3 is 0 Å². The molecule has 1 atom stereocenters. The van der Waals surface area contributed by atoms with Gasteiger partial charge in [-0.1, -0.05) is 11.3 Å². The van der Waals surface area contributed by atoms with Crippen molar-refractivity contribution in [3.63, 3.8) is 0 Å². The lowest BCUT2D eigenvalue weighted by Crippen LogP contribution is -2.23. The smallest absolute Gasteiger partial charge is 0.182 e. The van der Waals surface area contributed by atoms with Crippen LogP contribution >= 0.6 is 11.3 Å². The van der Waals surface area contributed by atoms with Crippen LogP contribution in [0.15, 0.2) is 42.7 Å². The molecule has 30 heavy (non-hydrogen) atoms. The first-order chi connectivity index (χ1) is 14.6. The number of rotatable bonds is 2. The third-order valence-corrected chi connectivity index (χ3v) is 6.06. The van der Waals surface area contributed by atoms with Crippen LogP contribution in [0.3, 0.4) is 0 Å². The fraction of sp³-hybridized carbons (Fsp3) is 0.182. The molecule has 0 spiro atoms. The van der Waals surface area contributed by atoms with Gasteiger partial charge < -0.3 is 10.6 Å². The van der Waals surface area contributed by atoms with Gasteiger partial charge in [-0.05, 0) is 60.4 Å². The lowest BCUT2D eigenvalue weighted by atomic mass is 9.92. The van der Waals surface area contributed by atoms with Gasteiger partial charge in [0.2, 0.25) is 0 Å². The van der Waals surface area contributed by atoms with Crippen molar-refractivity contribution in [2.75, 3.05) is 12.3 Å². The Morgan fingerprint density at radius 3 is 2.90 bits per heavy atom. The van der Waals surface area contributed by atoms with Crippen LogP contribution in [0.4, 0.5) is 5.13 Å². The van der Waals surface area contributed by atoms with E-state index in [2.05, 4.69) is 38.6 Å². The molecule has 0 bridgehead atoms. The van der Waals surface area contributed by atoms with E-state index in [4.69, 9.17) is 15.8 Å². The van der Waals surface area contributed by atoms with E-state index in [1.807, 2.05) is 25.3 Å². The zero-order valence-corrected chi connectivity index (χ0v) is 17.0. The fourth-order valence-corrected chi connectivity index (χ4v) is 4.44. The van der Waals surface area contributed by atoms with Gasteiger partial charge in [0.25, 0.3) is 0 Å². The van der Waals surface area contributed by atoms with Crippen LogP contribution < -0.4 is 16.1 Å². The van der Waals surface area contributed by atoms with Gasteiger partial charge in [-0.15, -0.1) is 0 Å². The third kappa shape index (κ3) is 3.34. The number of fused-ring (bicyclic) bond motifs is 2. The highest BCUT2D eigenvalue weighted by Crippen LogP contribution is 2.36. The summed E-state index contributed by atoms with van der Waals surface area (Å²) >= 11 is 1.39. The summed E-state index contributed by atoms with van der Waals surface area (Å²) in [5.41, 5.74) is 15.4. The van der Waals surface area contributed by atoms with Gasteiger partial charge in [-0.25, -0.2) is 9.97 Å². The standard InChI is InChI=1S/C22H18N6OS/c1-12-4-14(16-7-19-21(26-10-16)30-22(24)28-19)5-15-6-17(11-27-29-20(12)15)18-3-2-13(8-23)9-25-18/h2-5,7,9-10,17,27H,6,11H2,1H3,(H2,24,28). The summed E-state index contributed by atoms with van der Waals surface area (Å²) in [4.78, 5) is 20.1. The largest absolute Gasteiger partial charge is 0.408 e.